The number of halogens is 1. The highest BCUT2D eigenvalue weighted by atomic mass is 79.9. The van der Waals surface area contributed by atoms with Gasteiger partial charge in [-0.15, -0.1) is 0 Å². The second kappa shape index (κ2) is 10.5. The van der Waals surface area contributed by atoms with Gasteiger partial charge >= 0.3 is 0 Å². The lowest BCUT2D eigenvalue weighted by atomic mass is 9.87. The summed E-state index contributed by atoms with van der Waals surface area (Å²) < 4.78 is 12.2. The molecule has 166 valence electrons. The molecule has 1 N–H and O–H groups in total. The van der Waals surface area contributed by atoms with Crippen LogP contribution in [0.4, 0.5) is 5.69 Å². The molecule has 1 amide bonds. The Morgan fingerprint density at radius 1 is 1.00 bits per heavy atom. The zero-order chi connectivity index (χ0) is 23.1. The molecular weight excluding hydrogens is 466 g/mol. The lowest BCUT2D eigenvalue weighted by Gasteiger charge is -2.20. The summed E-state index contributed by atoms with van der Waals surface area (Å²) in [7, 11) is 1.60. The number of anilines is 1. The van der Waals surface area contributed by atoms with E-state index in [1.807, 2.05) is 66.7 Å². The SMILES string of the molecule is COc1cc(/C=C/C(=O)Nc2ccc(C(C)(C)C)cc2Br)ccc1OCc1ccccc1. The van der Waals surface area contributed by atoms with Crippen molar-refractivity contribution in [3.05, 3.63) is 94.0 Å². The molecule has 0 spiro atoms. The van der Waals surface area contributed by atoms with Crippen LogP contribution in [0.2, 0.25) is 0 Å². The molecule has 0 radical (unpaired) electrons. The van der Waals surface area contributed by atoms with Crippen LogP contribution in [-0.2, 0) is 16.8 Å². The van der Waals surface area contributed by atoms with Crippen LogP contribution in [0.15, 0.2) is 77.3 Å². The molecule has 0 aliphatic heterocycles. The highest BCUT2D eigenvalue weighted by molar-refractivity contribution is 9.10. The van der Waals surface area contributed by atoms with Crippen LogP contribution in [0.25, 0.3) is 6.08 Å². The topological polar surface area (TPSA) is 47.6 Å². The van der Waals surface area contributed by atoms with E-state index in [0.29, 0.717) is 18.1 Å². The molecule has 0 saturated carbocycles. The first-order chi connectivity index (χ1) is 15.3. The third-order valence-corrected chi connectivity index (χ3v) is 5.60. The number of carbonyl (C=O) groups excluding carboxylic acids is 1. The molecule has 0 fully saturated rings. The molecule has 0 saturated heterocycles. The minimum Gasteiger partial charge on any atom is -0.493 e. The third kappa shape index (κ3) is 6.47. The van der Waals surface area contributed by atoms with E-state index >= 15 is 0 Å². The Morgan fingerprint density at radius 2 is 1.75 bits per heavy atom. The average molecular weight is 494 g/mol. The highest BCUT2D eigenvalue weighted by Gasteiger charge is 2.15. The third-order valence-electron chi connectivity index (χ3n) is 4.94. The Balaban J connectivity index is 1.65. The van der Waals surface area contributed by atoms with Gasteiger partial charge in [-0.2, -0.15) is 0 Å². The molecule has 0 unspecified atom stereocenters. The monoisotopic (exact) mass is 493 g/mol. The van der Waals surface area contributed by atoms with Crippen molar-refractivity contribution in [2.75, 3.05) is 12.4 Å². The Morgan fingerprint density at radius 3 is 2.41 bits per heavy atom. The van der Waals surface area contributed by atoms with E-state index < -0.39 is 0 Å². The molecule has 3 aromatic rings. The lowest BCUT2D eigenvalue weighted by Crippen LogP contribution is -2.12. The minimum atomic E-state index is -0.211. The standard InChI is InChI=1S/C27H28BrNO3/c1-27(2,3)21-12-13-23(22(28)17-21)29-26(30)15-11-19-10-14-24(25(16-19)31-4)32-18-20-8-6-5-7-9-20/h5-17H,18H2,1-4H3,(H,29,30)/b15-11+. The number of rotatable bonds is 7. The molecule has 5 heteroatoms. The van der Waals surface area contributed by atoms with Crippen LogP contribution < -0.4 is 14.8 Å². The van der Waals surface area contributed by atoms with Gasteiger partial charge in [0.25, 0.3) is 0 Å². The van der Waals surface area contributed by atoms with Crippen molar-refractivity contribution in [2.24, 2.45) is 0 Å². The van der Waals surface area contributed by atoms with Crippen LogP contribution in [0.5, 0.6) is 11.5 Å². The summed E-state index contributed by atoms with van der Waals surface area (Å²) in [5, 5.41) is 2.91. The predicted octanol–water partition coefficient (Wildman–Crippen LogP) is 6.99. The normalized spacial score (nSPS) is 11.4. The van der Waals surface area contributed by atoms with E-state index in [0.717, 1.165) is 21.3 Å². The molecule has 3 rings (SSSR count). The maximum atomic E-state index is 12.4. The van der Waals surface area contributed by atoms with Gasteiger partial charge in [-0.3, -0.25) is 4.79 Å². The summed E-state index contributed by atoms with van der Waals surface area (Å²) in [6, 6.07) is 21.5. The molecule has 0 aliphatic carbocycles. The van der Waals surface area contributed by atoms with Gasteiger partial charge in [-0.05, 0) is 68.4 Å². The fraction of sp³-hybridized carbons (Fsp3) is 0.222. The van der Waals surface area contributed by atoms with Crippen LogP contribution in [0, 0.1) is 0 Å². The van der Waals surface area contributed by atoms with Crippen LogP contribution >= 0.6 is 15.9 Å². The number of hydrogen-bond acceptors (Lipinski definition) is 3. The quantitative estimate of drug-likeness (QED) is 0.360. The van der Waals surface area contributed by atoms with Crippen molar-refractivity contribution >= 4 is 33.6 Å². The van der Waals surface area contributed by atoms with Crippen molar-refractivity contribution < 1.29 is 14.3 Å². The maximum Gasteiger partial charge on any atom is 0.248 e. The van der Waals surface area contributed by atoms with E-state index in [9.17, 15) is 4.79 Å². The molecule has 32 heavy (non-hydrogen) atoms. The Labute approximate surface area is 198 Å². The molecule has 0 atom stereocenters. The number of benzene rings is 3. The summed E-state index contributed by atoms with van der Waals surface area (Å²) in [4.78, 5) is 12.4. The number of carbonyl (C=O) groups is 1. The summed E-state index contributed by atoms with van der Waals surface area (Å²) in [5.41, 5.74) is 3.89. The first kappa shape index (κ1) is 23.6. The van der Waals surface area contributed by atoms with Crippen molar-refractivity contribution in [1.82, 2.24) is 0 Å². The van der Waals surface area contributed by atoms with Gasteiger partial charge in [-0.25, -0.2) is 0 Å². The number of methoxy groups -OCH3 is 1. The molecular formula is C27H28BrNO3. The predicted molar refractivity (Wildman–Crippen MR) is 134 cm³/mol. The fourth-order valence-electron chi connectivity index (χ4n) is 3.07. The Kier molecular flexibility index (Phi) is 7.75. The van der Waals surface area contributed by atoms with Gasteiger partial charge in [0.15, 0.2) is 11.5 Å². The molecule has 0 heterocycles. The van der Waals surface area contributed by atoms with Crippen LogP contribution in [-0.4, -0.2) is 13.0 Å². The summed E-state index contributed by atoms with van der Waals surface area (Å²) in [6.45, 7) is 6.92. The Hall–Kier alpha value is -3.05. The van der Waals surface area contributed by atoms with Gasteiger partial charge < -0.3 is 14.8 Å². The number of ether oxygens (including phenoxy) is 2. The van der Waals surface area contributed by atoms with E-state index in [-0.39, 0.29) is 11.3 Å². The zero-order valence-electron chi connectivity index (χ0n) is 18.8. The van der Waals surface area contributed by atoms with Crippen LogP contribution in [0.1, 0.15) is 37.5 Å². The zero-order valence-corrected chi connectivity index (χ0v) is 20.4. The maximum absolute atomic E-state index is 12.4. The smallest absolute Gasteiger partial charge is 0.248 e. The van der Waals surface area contributed by atoms with Gasteiger partial charge in [0, 0.05) is 10.5 Å². The van der Waals surface area contributed by atoms with E-state index in [1.165, 1.54) is 11.6 Å². The summed E-state index contributed by atoms with van der Waals surface area (Å²) in [5.74, 6) is 1.06. The van der Waals surface area contributed by atoms with Crippen molar-refractivity contribution in [3.8, 4) is 11.5 Å². The van der Waals surface area contributed by atoms with Gasteiger partial charge in [0.05, 0.1) is 12.8 Å². The first-order valence-corrected chi connectivity index (χ1v) is 11.2. The van der Waals surface area contributed by atoms with Gasteiger partial charge in [0.1, 0.15) is 6.61 Å². The molecule has 0 aromatic heterocycles. The van der Waals surface area contributed by atoms with Crippen molar-refractivity contribution in [2.45, 2.75) is 32.8 Å². The highest BCUT2D eigenvalue weighted by Crippen LogP contribution is 2.31. The largest absolute Gasteiger partial charge is 0.493 e. The van der Waals surface area contributed by atoms with Crippen LogP contribution in [0.3, 0.4) is 0 Å². The minimum absolute atomic E-state index is 0.0426. The number of nitrogens with one attached hydrogen (secondary N) is 1. The summed E-state index contributed by atoms with van der Waals surface area (Å²) >= 11 is 3.55. The molecule has 3 aromatic carbocycles. The average Bonchev–Trinajstić information content (AvgIpc) is 2.77. The second-order valence-corrected chi connectivity index (χ2v) is 9.31. The summed E-state index contributed by atoms with van der Waals surface area (Å²) in [6.07, 6.45) is 3.25. The molecule has 0 aliphatic rings. The van der Waals surface area contributed by atoms with Crippen molar-refractivity contribution in [1.29, 1.82) is 0 Å². The number of amides is 1. The van der Waals surface area contributed by atoms with E-state index in [4.69, 9.17) is 9.47 Å². The fourth-order valence-corrected chi connectivity index (χ4v) is 3.55. The van der Waals surface area contributed by atoms with Gasteiger partial charge in [0.2, 0.25) is 5.91 Å². The lowest BCUT2D eigenvalue weighted by molar-refractivity contribution is -0.111. The molecule has 0 bridgehead atoms. The van der Waals surface area contributed by atoms with E-state index in [2.05, 4.69) is 42.0 Å². The Bertz CT molecular complexity index is 1100. The second-order valence-electron chi connectivity index (χ2n) is 8.45. The van der Waals surface area contributed by atoms with Gasteiger partial charge in [-0.1, -0.05) is 63.2 Å². The van der Waals surface area contributed by atoms with E-state index in [1.54, 1.807) is 13.2 Å². The first-order valence-electron chi connectivity index (χ1n) is 10.4. The number of hydrogen-bond donors (Lipinski definition) is 1. The molecule has 4 nitrogen and oxygen atoms in total. The van der Waals surface area contributed by atoms with Crippen molar-refractivity contribution in [3.63, 3.8) is 0 Å².